The van der Waals surface area contributed by atoms with Crippen LogP contribution in [0.4, 0.5) is 0 Å². The highest BCUT2D eigenvalue weighted by Crippen LogP contribution is 2.32. The Bertz CT molecular complexity index is 557. The van der Waals surface area contributed by atoms with Crippen LogP contribution in [-0.4, -0.2) is 42.4 Å². The number of carbonyl (C=O) groups is 1. The molecule has 2 aliphatic heterocycles. The van der Waals surface area contributed by atoms with Crippen molar-refractivity contribution in [1.29, 1.82) is 0 Å². The lowest BCUT2D eigenvalue weighted by atomic mass is 9.89. The molecule has 0 aromatic heterocycles. The molecule has 1 aromatic rings. The minimum atomic E-state index is -0.696. The Labute approximate surface area is 155 Å². The first-order valence-electron chi connectivity index (χ1n) is 8.99. The van der Waals surface area contributed by atoms with Gasteiger partial charge in [0.05, 0.1) is 0 Å². The molecule has 2 fully saturated rings. The van der Waals surface area contributed by atoms with E-state index in [1.165, 1.54) is 12.8 Å². The highest BCUT2D eigenvalue weighted by molar-refractivity contribution is 5.85. The largest absolute Gasteiger partial charge is 0.491 e. The van der Waals surface area contributed by atoms with Gasteiger partial charge in [0.1, 0.15) is 18.5 Å². The van der Waals surface area contributed by atoms with E-state index in [2.05, 4.69) is 10.6 Å². The van der Waals surface area contributed by atoms with Gasteiger partial charge in [0.2, 0.25) is 5.91 Å². The fraction of sp³-hybridized carbons (Fsp3) is 0.632. The number of benzene rings is 1. The summed E-state index contributed by atoms with van der Waals surface area (Å²) in [6.07, 6.45) is 4.57. The van der Waals surface area contributed by atoms with Gasteiger partial charge in [-0.05, 0) is 56.2 Å². The topological polar surface area (TPSA) is 70.6 Å². The van der Waals surface area contributed by atoms with Gasteiger partial charge in [-0.2, -0.15) is 0 Å². The molecule has 0 radical (unpaired) electrons. The third-order valence-electron chi connectivity index (χ3n) is 5.01. The van der Waals surface area contributed by atoms with Crippen molar-refractivity contribution in [3.8, 4) is 5.75 Å². The summed E-state index contributed by atoms with van der Waals surface area (Å²) in [4.78, 5) is 12.1. The zero-order chi connectivity index (χ0) is 16.9. The van der Waals surface area contributed by atoms with E-state index in [1.54, 1.807) is 0 Å². The summed E-state index contributed by atoms with van der Waals surface area (Å²) in [5.74, 6) is 1.26. The molecular weight excluding hydrogens is 340 g/mol. The number of hydrogen-bond donors (Lipinski definition) is 3. The van der Waals surface area contributed by atoms with Gasteiger partial charge in [-0.15, -0.1) is 12.4 Å². The first-order valence-corrected chi connectivity index (χ1v) is 8.99. The van der Waals surface area contributed by atoms with Crippen LogP contribution in [0.2, 0.25) is 0 Å². The van der Waals surface area contributed by atoms with Crippen molar-refractivity contribution in [2.24, 2.45) is 5.92 Å². The second-order valence-corrected chi connectivity index (χ2v) is 7.26. The van der Waals surface area contributed by atoms with E-state index < -0.39 is 6.10 Å². The zero-order valence-corrected chi connectivity index (χ0v) is 15.6. The quantitative estimate of drug-likeness (QED) is 0.690. The van der Waals surface area contributed by atoms with Crippen LogP contribution in [0, 0.1) is 12.8 Å². The average molecular weight is 369 g/mol. The van der Waals surface area contributed by atoms with Crippen LogP contribution < -0.4 is 15.4 Å². The summed E-state index contributed by atoms with van der Waals surface area (Å²) >= 11 is 0. The van der Waals surface area contributed by atoms with E-state index >= 15 is 0 Å². The summed E-state index contributed by atoms with van der Waals surface area (Å²) in [6.45, 7) is 2.42. The first-order chi connectivity index (χ1) is 11.6. The third kappa shape index (κ3) is 6.17. The summed E-state index contributed by atoms with van der Waals surface area (Å²) in [5.41, 5.74) is 1.12. The van der Waals surface area contributed by atoms with E-state index in [0.717, 1.165) is 24.2 Å². The monoisotopic (exact) mass is 368 g/mol. The molecular formula is C19H29ClN2O3. The Morgan fingerprint density at radius 2 is 2.08 bits per heavy atom. The van der Waals surface area contributed by atoms with E-state index in [-0.39, 0.29) is 31.5 Å². The average Bonchev–Trinajstić information content (AvgIpc) is 2.90. The Morgan fingerprint density at radius 3 is 2.76 bits per heavy atom. The van der Waals surface area contributed by atoms with Gasteiger partial charge in [0.15, 0.2) is 0 Å². The van der Waals surface area contributed by atoms with Crippen molar-refractivity contribution in [2.45, 2.75) is 57.2 Å². The summed E-state index contributed by atoms with van der Waals surface area (Å²) < 4.78 is 5.56. The molecule has 2 heterocycles. The van der Waals surface area contributed by atoms with Crippen molar-refractivity contribution in [1.82, 2.24) is 10.6 Å². The van der Waals surface area contributed by atoms with E-state index in [1.807, 2.05) is 31.2 Å². The van der Waals surface area contributed by atoms with Crippen LogP contribution >= 0.6 is 12.4 Å². The maximum atomic E-state index is 12.1. The number of rotatable bonds is 7. The lowest BCUT2D eigenvalue weighted by Crippen LogP contribution is -2.41. The number of piperidine rings is 1. The summed E-state index contributed by atoms with van der Waals surface area (Å²) in [7, 11) is 0. The van der Waals surface area contributed by atoms with Gasteiger partial charge in [0, 0.05) is 25.0 Å². The van der Waals surface area contributed by atoms with E-state index in [9.17, 15) is 9.90 Å². The number of halogens is 1. The highest BCUT2D eigenvalue weighted by Gasteiger charge is 2.34. The molecule has 5 nitrogen and oxygen atoms in total. The van der Waals surface area contributed by atoms with Crippen molar-refractivity contribution in [3.05, 3.63) is 29.8 Å². The number of ether oxygens (including phenoxy) is 1. The molecule has 1 amide bonds. The second-order valence-electron chi connectivity index (χ2n) is 7.26. The maximum absolute atomic E-state index is 12.1. The number of aliphatic hydroxyl groups is 1. The molecule has 6 heteroatoms. The number of nitrogens with one attached hydrogen (secondary N) is 2. The van der Waals surface area contributed by atoms with Crippen molar-refractivity contribution in [2.75, 3.05) is 13.2 Å². The minimum Gasteiger partial charge on any atom is -0.491 e. The van der Waals surface area contributed by atoms with Gasteiger partial charge in [-0.25, -0.2) is 0 Å². The Kier molecular flexibility index (Phi) is 7.54. The molecule has 1 aromatic carbocycles. The number of amides is 1. The molecule has 25 heavy (non-hydrogen) atoms. The number of hydrogen-bond acceptors (Lipinski definition) is 4. The fourth-order valence-corrected chi connectivity index (χ4v) is 3.86. The lowest BCUT2D eigenvalue weighted by Gasteiger charge is -2.28. The predicted octanol–water partition coefficient (Wildman–Crippen LogP) is 2.19. The molecule has 0 spiro atoms. The van der Waals surface area contributed by atoms with Gasteiger partial charge >= 0.3 is 0 Å². The molecule has 3 N–H and O–H groups in total. The smallest absolute Gasteiger partial charge is 0.220 e. The molecule has 3 unspecified atom stereocenters. The SMILES string of the molecule is Cc1cccc(OCC(O)CNC(=O)CC2CC3CCC(C2)N3)c1.Cl. The number of aliphatic hydroxyl groups excluding tert-OH is 1. The highest BCUT2D eigenvalue weighted by atomic mass is 35.5. The van der Waals surface area contributed by atoms with E-state index in [4.69, 9.17) is 4.74 Å². The molecule has 2 aliphatic rings. The standard InChI is InChI=1S/C19H28N2O3.ClH/c1-13-3-2-4-18(7-13)24-12-17(22)11-20-19(23)10-14-8-15-5-6-16(9-14)21-15;/h2-4,7,14-17,21-22H,5-6,8-12H2,1H3,(H,20,23);1H. The van der Waals surface area contributed by atoms with Crippen LogP contribution in [0.15, 0.2) is 24.3 Å². The molecule has 2 saturated heterocycles. The molecule has 3 rings (SSSR count). The summed E-state index contributed by atoms with van der Waals surface area (Å²) in [6, 6.07) is 8.92. The molecule has 140 valence electrons. The van der Waals surface area contributed by atoms with Crippen LogP contribution in [0.5, 0.6) is 5.75 Å². The van der Waals surface area contributed by atoms with Gasteiger partial charge in [-0.3, -0.25) is 4.79 Å². The van der Waals surface area contributed by atoms with Crippen LogP contribution in [0.25, 0.3) is 0 Å². The Morgan fingerprint density at radius 1 is 1.36 bits per heavy atom. The Hall–Kier alpha value is -1.30. The fourth-order valence-electron chi connectivity index (χ4n) is 3.86. The van der Waals surface area contributed by atoms with Gasteiger partial charge in [0.25, 0.3) is 0 Å². The number of fused-ring (bicyclic) bond motifs is 2. The van der Waals surface area contributed by atoms with Crippen LogP contribution in [-0.2, 0) is 4.79 Å². The second kappa shape index (κ2) is 9.41. The number of carbonyl (C=O) groups excluding carboxylic acids is 1. The van der Waals surface area contributed by atoms with E-state index in [0.29, 0.717) is 24.4 Å². The molecule has 2 bridgehead atoms. The van der Waals surface area contributed by atoms with Gasteiger partial charge < -0.3 is 20.5 Å². The van der Waals surface area contributed by atoms with Gasteiger partial charge in [-0.1, -0.05) is 12.1 Å². The predicted molar refractivity (Wildman–Crippen MR) is 100 cm³/mol. The van der Waals surface area contributed by atoms with Crippen LogP contribution in [0.3, 0.4) is 0 Å². The normalized spacial score (nSPS) is 25.8. The zero-order valence-electron chi connectivity index (χ0n) is 14.7. The van der Waals surface area contributed by atoms with Crippen LogP contribution in [0.1, 0.15) is 37.7 Å². The minimum absolute atomic E-state index is 0. The maximum Gasteiger partial charge on any atom is 0.220 e. The molecule has 0 saturated carbocycles. The summed E-state index contributed by atoms with van der Waals surface area (Å²) in [5, 5.41) is 16.4. The Balaban J connectivity index is 0.00000225. The van der Waals surface area contributed by atoms with Crippen molar-refractivity contribution < 1.29 is 14.6 Å². The molecule has 0 aliphatic carbocycles. The first kappa shape index (κ1) is 20.0. The van der Waals surface area contributed by atoms with Crippen molar-refractivity contribution in [3.63, 3.8) is 0 Å². The molecule has 3 atom stereocenters. The lowest BCUT2D eigenvalue weighted by molar-refractivity contribution is -0.122. The third-order valence-corrected chi connectivity index (χ3v) is 5.01. The number of aryl methyl sites for hydroxylation is 1. The van der Waals surface area contributed by atoms with Crippen molar-refractivity contribution >= 4 is 18.3 Å².